The second-order valence-corrected chi connectivity index (χ2v) is 7.42. The third kappa shape index (κ3) is 4.14. The average Bonchev–Trinajstić information content (AvgIpc) is 2.71. The molecule has 2 rings (SSSR count). The zero-order valence-electron chi connectivity index (χ0n) is 12.2. The molecule has 2 N–H and O–H groups in total. The third-order valence-electron chi connectivity index (χ3n) is 3.70. The van der Waals surface area contributed by atoms with Crippen LogP contribution < -0.4 is 5.32 Å². The van der Waals surface area contributed by atoms with Crippen LogP contribution in [0.3, 0.4) is 0 Å². The molecule has 5 heteroatoms. The van der Waals surface area contributed by atoms with E-state index >= 15 is 0 Å². The Labute approximate surface area is 119 Å². The van der Waals surface area contributed by atoms with Crippen LogP contribution in [0.2, 0.25) is 0 Å². The van der Waals surface area contributed by atoms with Crippen molar-refractivity contribution in [2.45, 2.75) is 70.3 Å². The number of hydrogen-bond acceptors (Lipinski definition) is 5. The standard InChI is InChI=1S/C14H25N3OS/c1-13(2,3)11-16-12(19-17-11)15-10-14(18)8-6-4-5-7-9-14/h18H,4-10H2,1-3H3,(H,15,16,17). The fraction of sp³-hybridized carbons (Fsp3) is 0.857. The Morgan fingerprint density at radius 3 is 2.37 bits per heavy atom. The van der Waals surface area contributed by atoms with Gasteiger partial charge in [0.2, 0.25) is 5.13 Å². The molecule has 1 fully saturated rings. The van der Waals surface area contributed by atoms with Gasteiger partial charge >= 0.3 is 0 Å². The van der Waals surface area contributed by atoms with Crippen molar-refractivity contribution < 1.29 is 5.11 Å². The molecule has 0 saturated heterocycles. The maximum absolute atomic E-state index is 10.6. The van der Waals surface area contributed by atoms with Crippen LogP contribution in [0.15, 0.2) is 0 Å². The summed E-state index contributed by atoms with van der Waals surface area (Å²) in [5, 5.41) is 14.7. The van der Waals surface area contributed by atoms with E-state index in [-0.39, 0.29) is 5.41 Å². The Morgan fingerprint density at radius 1 is 1.21 bits per heavy atom. The fourth-order valence-corrected chi connectivity index (χ4v) is 3.16. The van der Waals surface area contributed by atoms with Crippen LogP contribution in [-0.4, -0.2) is 26.6 Å². The molecule has 0 unspecified atom stereocenters. The SMILES string of the molecule is CC(C)(C)c1nsc(NCC2(O)CCCCCC2)n1. The molecule has 0 atom stereocenters. The van der Waals surface area contributed by atoms with Gasteiger partial charge in [-0.1, -0.05) is 46.5 Å². The van der Waals surface area contributed by atoms with Gasteiger partial charge in [-0.15, -0.1) is 0 Å². The van der Waals surface area contributed by atoms with Crippen LogP contribution in [0.5, 0.6) is 0 Å². The Bertz CT molecular complexity index is 403. The molecule has 1 heterocycles. The van der Waals surface area contributed by atoms with Crippen LogP contribution in [0, 0.1) is 0 Å². The van der Waals surface area contributed by atoms with Crippen LogP contribution >= 0.6 is 11.5 Å². The summed E-state index contributed by atoms with van der Waals surface area (Å²) >= 11 is 1.39. The van der Waals surface area contributed by atoms with Gasteiger partial charge in [0, 0.05) is 23.5 Å². The van der Waals surface area contributed by atoms with Gasteiger partial charge in [-0.2, -0.15) is 4.37 Å². The summed E-state index contributed by atoms with van der Waals surface area (Å²) in [5.74, 6) is 0.868. The molecule has 1 saturated carbocycles. The van der Waals surface area contributed by atoms with Crippen molar-refractivity contribution in [1.29, 1.82) is 0 Å². The lowest BCUT2D eigenvalue weighted by atomic mass is 9.95. The summed E-state index contributed by atoms with van der Waals surface area (Å²) < 4.78 is 4.38. The molecule has 0 spiro atoms. The molecule has 1 aromatic heterocycles. The molecule has 4 nitrogen and oxygen atoms in total. The predicted octanol–water partition coefficient (Wildman–Crippen LogP) is 3.33. The van der Waals surface area contributed by atoms with Crippen LogP contribution in [0.4, 0.5) is 5.13 Å². The Morgan fingerprint density at radius 2 is 1.84 bits per heavy atom. The van der Waals surface area contributed by atoms with E-state index in [0.29, 0.717) is 6.54 Å². The molecule has 0 amide bonds. The van der Waals surface area contributed by atoms with Gasteiger partial charge in [0.25, 0.3) is 0 Å². The van der Waals surface area contributed by atoms with Gasteiger partial charge in [0.15, 0.2) is 0 Å². The van der Waals surface area contributed by atoms with Crippen molar-refractivity contribution in [1.82, 2.24) is 9.36 Å². The van der Waals surface area contributed by atoms with Crippen LogP contribution in [-0.2, 0) is 5.41 Å². The lowest BCUT2D eigenvalue weighted by molar-refractivity contribution is 0.0381. The van der Waals surface area contributed by atoms with Crippen molar-refractivity contribution in [2.75, 3.05) is 11.9 Å². The number of rotatable bonds is 3. The van der Waals surface area contributed by atoms with E-state index < -0.39 is 5.60 Å². The lowest BCUT2D eigenvalue weighted by Crippen LogP contribution is -2.36. The topological polar surface area (TPSA) is 58.0 Å². The summed E-state index contributed by atoms with van der Waals surface area (Å²) in [6.45, 7) is 6.92. The van der Waals surface area contributed by atoms with Crippen LogP contribution in [0.25, 0.3) is 0 Å². The first-order valence-electron chi connectivity index (χ1n) is 7.20. The molecular formula is C14H25N3OS. The highest BCUT2D eigenvalue weighted by Crippen LogP contribution is 2.28. The number of aromatic nitrogens is 2. The van der Waals surface area contributed by atoms with Crippen molar-refractivity contribution in [3.05, 3.63) is 5.82 Å². The first kappa shape index (κ1) is 14.7. The highest BCUT2D eigenvalue weighted by molar-refractivity contribution is 7.09. The van der Waals surface area contributed by atoms with Crippen molar-refractivity contribution in [2.24, 2.45) is 0 Å². The summed E-state index contributed by atoms with van der Waals surface area (Å²) in [6, 6.07) is 0. The molecule has 1 aromatic rings. The van der Waals surface area contributed by atoms with Crippen LogP contribution in [0.1, 0.15) is 65.1 Å². The number of aliphatic hydroxyl groups is 1. The maximum atomic E-state index is 10.6. The third-order valence-corrected chi connectivity index (χ3v) is 4.37. The minimum absolute atomic E-state index is 0.0182. The number of anilines is 1. The lowest BCUT2D eigenvalue weighted by Gasteiger charge is -2.26. The minimum Gasteiger partial charge on any atom is -0.388 e. The van der Waals surface area contributed by atoms with E-state index in [9.17, 15) is 5.11 Å². The van der Waals surface area contributed by atoms with Crippen molar-refractivity contribution >= 4 is 16.7 Å². The maximum Gasteiger partial charge on any atom is 0.202 e. The summed E-state index contributed by atoms with van der Waals surface area (Å²) in [6.07, 6.45) is 6.53. The Balaban J connectivity index is 1.92. The first-order valence-corrected chi connectivity index (χ1v) is 7.97. The zero-order valence-corrected chi connectivity index (χ0v) is 13.0. The second kappa shape index (κ2) is 5.75. The summed E-state index contributed by atoms with van der Waals surface area (Å²) in [7, 11) is 0. The first-order chi connectivity index (χ1) is 8.89. The molecule has 0 bridgehead atoms. The molecule has 1 aliphatic carbocycles. The number of hydrogen-bond donors (Lipinski definition) is 2. The van der Waals surface area contributed by atoms with E-state index in [4.69, 9.17) is 0 Å². The van der Waals surface area contributed by atoms with Gasteiger partial charge in [0.05, 0.1) is 5.60 Å². The molecule has 0 aromatic carbocycles. The van der Waals surface area contributed by atoms with E-state index in [0.717, 1.165) is 36.6 Å². The molecule has 0 radical (unpaired) electrons. The zero-order chi connectivity index (χ0) is 13.9. The average molecular weight is 283 g/mol. The van der Waals surface area contributed by atoms with E-state index in [1.807, 2.05) is 0 Å². The molecule has 108 valence electrons. The van der Waals surface area contributed by atoms with Gasteiger partial charge in [-0.25, -0.2) is 4.98 Å². The largest absolute Gasteiger partial charge is 0.388 e. The second-order valence-electron chi connectivity index (χ2n) is 6.67. The van der Waals surface area contributed by atoms with Crippen molar-refractivity contribution in [3.8, 4) is 0 Å². The quantitative estimate of drug-likeness (QED) is 0.835. The van der Waals surface area contributed by atoms with Gasteiger partial charge in [0.1, 0.15) is 5.82 Å². The highest BCUT2D eigenvalue weighted by atomic mass is 32.1. The monoisotopic (exact) mass is 283 g/mol. The minimum atomic E-state index is -0.565. The van der Waals surface area contributed by atoms with E-state index in [2.05, 4.69) is 35.4 Å². The fourth-order valence-electron chi connectivity index (χ4n) is 2.40. The summed E-state index contributed by atoms with van der Waals surface area (Å²) in [5.41, 5.74) is -0.584. The van der Waals surface area contributed by atoms with Gasteiger partial charge in [-0.3, -0.25) is 0 Å². The van der Waals surface area contributed by atoms with E-state index in [1.165, 1.54) is 24.4 Å². The van der Waals surface area contributed by atoms with E-state index in [1.54, 1.807) is 0 Å². The normalized spacial score (nSPS) is 20.0. The van der Waals surface area contributed by atoms with Gasteiger partial charge < -0.3 is 10.4 Å². The molecule has 0 aliphatic heterocycles. The molecule has 19 heavy (non-hydrogen) atoms. The number of nitrogens with one attached hydrogen (secondary N) is 1. The Kier molecular flexibility index (Phi) is 4.46. The summed E-state index contributed by atoms with van der Waals surface area (Å²) in [4.78, 5) is 4.51. The molecule has 1 aliphatic rings. The number of nitrogens with zero attached hydrogens (tertiary/aromatic N) is 2. The predicted molar refractivity (Wildman–Crippen MR) is 79.8 cm³/mol. The highest BCUT2D eigenvalue weighted by Gasteiger charge is 2.28. The Hall–Kier alpha value is -0.680. The van der Waals surface area contributed by atoms with Gasteiger partial charge in [-0.05, 0) is 12.8 Å². The van der Waals surface area contributed by atoms with Crippen molar-refractivity contribution in [3.63, 3.8) is 0 Å². The molecular weight excluding hydrogens is 258 g/mol. The smallest absolute Gasteiger partial charge is 0.202 e.